The second-order valence-corrected chi connectivity index (χ2v) is 4.76. The number of aldehydes is 1. The fraction of sp³-hybridized carbons (Fsp3) is 0.125. The minimum Gasteiger partial charge on any atom is -0.298 e. The van der Waals surface area contributed by atoms with Crippen LogP contribution in [-0.4, -0.2) is 26.0 Å². The van der Waals surface area contributed by atoms with Crippen LogP contribution in [0.4, 0.5) is 0 Å². The molecule has 3 aromatic rings. The molecule has 2 heterocycles. The highest BCUT2D eigenvalue weighted by Crippen LogP contribution is 2.25. The predicted molar refractivity (Wildman–Crippen MR) is 79.5 cm³/mol. The van der Waals surface area contributed by atoms with Crippen LogP contribution in [0.15, 0.2) is 42.6 Å². The van der Waals surface area contributed by atoms with Crippen LogP contribution in [0.2, 0.25) is 0 Å². The fourth-order valence-electron chi connectivity index (χ4n) is 2.31. The van der Waals surface area contributed by atoms with Gasteiger partial charge in [-0.05, 0) is 13.8 Å². The number of nitrogens with zero attached hydrogens (tertiary/aromatic N) is 4. The van der Waals surface area contributed by atoms with Crippen LogP contribution >= 0.6 is 0 Å². The van der Waals surface area contributed by atoms with Crippen molar-refractivity contribution < 1.29 is 4.79 Å². The van der Waals surface area contributed by atoms with Gasteiger partial charge in [0, 0.05) is 17.3 Å². The van der Waals surface area contributed by atoms with Crippen LogP contribution in [0.1, 0.15) is 21.9 Å². The SMILES string of the molecule is Cc1cc(-n2ncc(C=O)c2-c2ccccc2)nc(C)n1. The van der Waals surface area contributed by atoms with Crippen molar-refractivity contribution in [2.24, 2.45) is 0 Å². The number of carbonyl (C=O) groups is 1. The lowest BCUT2D eigenvalue weighted by atomic mass is 10.1. The van der Waals surface area contributed by atoms with E-state index in [-0.39, 0.29) is 0 Å². The van der Waals surface area contributed by atoms with Gasteiger partial charge in [-0.15, -0.1) is 0 Å². The number of aryl methyl sites for hydroxylation is 2. The monoisotopic (exact) mass is 278 g/mol. The molecular weight excluding hydrogens is 264 g/mol. The van der Waals surface area contributed by atoms with Crippen molar-refractivity contribution in [1.29, 1.82) is 0 Å². The quantitative estimate of drug-likeness (QED) is 0.691. The van der Waals surface area contributed by atoms with E-state index in [0.29, 0.717) is 17.2 Å². The van der Waals surface area contributed by atoms with Crippen LogP contribution < -0.4 is 0 Å². The summed E-state index contributed by atoms with van der Waals surface area (Å²) in [5.74, 6) is 1.33. The Labute approximate surface area is 122 Å². The summed E-state index contributed by atoms with van der Waals surface area (Å²) in [5, 5.41) is 4.31. The lowest BCUT2D eigenvalue weighted by Gasteiger charge is -2.09. The largest absolute Gasteiger partial charge is 0.298 e. The third-order valence-electron chi connectivity index (χ3n) is 3.14. The van der Waals surface area contributed by atoms with Gasteiger partial charge >= 0.3 is 0 Å². The summed E-state index contributed by atoms with van der Waals surface area (Å²) in [5.41, 5.74) is 3.06. The Morgan fingerprint density at radius 1 is 1.10 bits per heavy atom. The van der Waals surface area contributed by atoms with Gasteiger partial charge < -0.3 is 0 Å². The van der Waals surface area contributed by atoms with E-state index in [1.54, 1.807) is 10.9 Å². The maximum Gasteiger partial charge on any atom is 0.157 e. The lowest BCUT2D eigenvalue weighted by molar-refractivity contribution is 0.112. The van der Waals surface area contributed by atoms with E-state index in [2.05, 4.69) is 15.1 Å². The van der Waals surface area contributed by atoms with Crippen molar-refractivity contribution in [1.82, 2.24) is 19.7 Å². The number of hydrogen-bond donors (Lipinski definition) is 0. The highest BCUT2D eigenvalue weighted by molar-refractivity contribution is 5.86. The molecule has 3 rings (SSSR count). The van der Waals surface area contributed by atoms with E-state index in [0.717, 1.165) is 23.2 Å². The van der Waals surface area contributed by atoms with Crippen molar-refractivity contribution >= 4 is 6.29 Å². The molecule has 0 bridgehead atoms. The summed E-state index contributed by atoms with van der Waals surface area (Å²) in [7, 11) is 0. The molecule has 0 spiro atoms. The summed E-state index contributed by atoms with van der Waals surface area (Å²) < 4.78 is 1.68. The van der Waals surface area contributed by atoms with Crippen molar-refractivity contribution in [3.63, 3.8) is 0 Å². The Morgan fingerprint density at radius 3 is 2.52 bits per heavy atom. The van der Waals surface area contributed by atoms with Crippen molar-refractivity contribution in [3.05, 3.63) is 59.7 Å². The van der Waals surface area contributed by atoms with Gasteiger partial charge in [-0.3, -0.25) is 4.79 Å². The summed E-state index contributed by atoms with van der Waals surface area (Å²) in [4.78, 5) is 20.0. The summed E-state index contributed by atoms with van der Waals surface area (Å²) in [6, 6.07) is 11.5. The molecular formula is C16H14N4O. The molecule has 0 saturated carbocycles. The highest BCUT2D eigenvalue weighted by atomic mass is 16.1. The Bertz CT molecular complexity index is 773. The Hall–Kier alpha value is -2.82. The van der Waals surface area contributed by atoms with Gasteiger partial charge in [0.2, 0.25) is 0 Å². The van der Waals surface area contributed by atoms with Crippen LogP contribution in [0.25, 0.3) is 17.1 Å². The van der Waals surface area contributed by atoms with Crippen LogP contribution in [0.5, 0.6) is 0 Å². The highest BCUT2D eigenvalue weighted by Gasteiger charge is 2.15. The van der Waals surface area contributed by atoms with Gasteiger partial charge in [0.15, 0.2) is 12.1 Å². The first-order chi connectivity index (χ1) is 10.2. The summed E-state index contributed by atoms with van der Waals surface area (Å²) in [6.07, 6.45) is 2.37. The van der Waals surface area contributed by atoms with E-state index in [4.69, 9.17) is 0 Å². The maximum atomic E-state index is 11.3. The van der Waals surface area contributed by atoms with Crippen LogP contribution in [-0.2, 0) is 0 Å². The molecule has 5 heteroatoms. The summed E-state index contributed by atoms with van der Waals surface area (Å²) >= 11 is 0. The fourth-order valence-corrected chi connectivity index (χ4v) is 2.31. The third kappa shape index (κ3) is 2.45. The zero-order valence-electron chi connectivity index (χ0n) is 11.8. The number of hydrogen-bond acceptors (Lipinski definition) is 4. The van der Waals surface area contributed by atoms with E-state index in [1.807, 2.05) is 50.2 Å². The molecule has 0 radical (unpaired) electrons. The molecule has 0 atom stereocenters. The molecule has 0 aliphatic carbocycles. The van der Waals surface area contributed by atoms with E-state index < -0.39 is 0 Å². The van der Waals surface area contributed by atoms with Gasteiger partial charge in [-0.25, -0.2) is 14.6 Å². The van der Waals surface area contributed by atoms with E-state index in [1.165, 1.54) is 0 Å². The first kappa shape index (κ1) is 13.2. The molecule has 5 nitrogen and oxygen atoms in total. The van der Waals surface area contributed by atoms with Crippen LogP contribution in [0, 0.1) is 13.8 Å². The minimum atomic E-state index is 0.537. The topological polar surface area (TPSA) is 60.7 Å². The molecule has 0 aliphatic heterocycles. The maximum absolute atomic E-state index is 11.3. The number of benzene rings is 1. The molecule has 21 heavy (non-hydrogen) atoms. The average Bonchev–Trinajstić information content (AvgIpc) is 2.91. The summed E-state index contributed by atoms with van der Waals surface area (Å²) in [6.45, 7) is 3.74. The van der Waals surface area contributed by atoms with Crippen LogP contribution in [0.3, 0.4) is 0 Å². The van der Waals surface area contributed by atoms with Gasteiger partial charge in [0.05, 0.1) is 17.5 Å². The zero-order valence-corrected chi connectivity index (χ0v) is 11.8. The van der Waals surface area contributed by atoms with Gasteiger partial charge in [-0.1, -0.05) is 30.3 Å². The zero-order chi connectivity index (χ0) is 14.8. The first-order valence-corrected chi connectivity index (χ1v) is 6.60. The molecule has 2 aromatic heterocycles. The second kappa shape index (κ2) is 5.28. The smallest absolute Gasteiger partial charge is 0.157 e. The van der Waals surface area contributed by atoms with Gasteiger partial charge in [0.1, 0.15) is 5.82 Å². The van der Waals surface area contributed by atoms with Gasteiger partial charge in [-0.2, -0.15) is 5.10 Å². The number of rotatable bonds is 3. The predicted octanol–water partition coefficient (Wildman–Crippen LogP) is 2.76. The van der Waals surface area contributed by atoms with E-state index >= 15 is 0 Å². The van der Waals surface area contributed by atoms with E-state index in [9.17, 15) is 4.79 Å². The molecule has 1 aromatic carbocycles. The van der Waals surface area contributed by atoms with Crippen molar-refractivity contribution in [2.75, 3.05) is 0 Å². The number of carbonyl (C=O) groups excluding carboxylic acids is 1. The normalized spacial score (nSPS) is 10.6. The molecule has 0 amide bonds. The first-order valence-electron chi connectivity index (χ1n) is 6.60. The van der Waals surface area contributed by atoms with Crippen molar-refractivity contribution in [3.8, 4) is 17.1 Å². The lowest BCUT2D eigenvalue weighted by Crippen LogP contribution is -2.05. The average molecular weight is 278 g/mol. The third-order valence-corrected chi connectivity index (χ3v) is 3.14. The second-order valence-electron chi connectivity index (χ2n) is 4.76. The Balaban J connectivity index is 2.24. The molecule has 0 unspecified atom stereocenters. The number of aromatic nitrogens is 4. The van der Waals surface area contributed by atoms with Gasteiger partial charge in [0.25, 0.3) is 0 Å². The standard InChI is InChI=1S/C16H14N4O/c1-11-8-15(19-12(2)18-11)20-16(14(10-21)9-17-20)13-6-4-3-5-7-13/h3-10H,1-2H3. The molecule has 0 N–H and O–H groups in total. The molecule has 0 aliphatic rings. The Kier molecular flexibility index (Phi) is 3.31. The van der Waals surface area contributed by atoms with Crippen molar-refractivity contribution in [2.45, 2.75) is 13.8 Å². The molecule has 104 valence electrons. The molecule has 0 fully saturated rings. The Morgan fingerprint density at radius 2 is 1.86 bits per heavy atom. The molecule has 0 saturated heterocycles. The minimum absolute atomic E-state index is 0.537.